The van der Waals surface area contributed by atoms with Crippen molar-refractivity contribution in [3.8, 4) is 0 Å². The van der Waals surface area contributed by atoms with Crippen LogP contribution in [-0.2, 0) is 0 Å². The van der Waals surface area contributed by atoms with Crippen LogP contribution in [0.15, 0.2) is 36.4 Å². The second-order valence-electron chi connectivity index (χ2n) is 5.00. The Labute approximate surface area is 113 Å². The summed E-state index contributed by atoms with van der Waals surface area (Å²) in [4.78, 5) is 4.42. The van der Waals surface area contributed by atoms with E-state index in [2.05, 4.69) is 34.1 Å². The maximum absolute atomic E-state index is 9.15. The standard InChI is InChI=1S/C15H19N3O/c16-13-5-4-12-2-1-3-15(14(12)10-13)18-8-6-17(11-19)7-9-18/h1-5,10,19H,6-9,11,16H2. The van der Waals surface area contributed by atoms with Crippen molar-refractivity contribution >= 4 is 22.1 Å². The SMILES string of the molecule is Nc1ccc2cccc(N3CCN(CO)CC3)c2c1. The van der Waals surface area contributed by atoms with Gasteiger partial charge in [0.05, 0.1) is 6.73 Å². The van der Waals surface area contributed by atoms with E-state index in [1.165, 1.54) is 16.5 Å². The fourth-order valence-electron chi connectivity index (χ4n) is 2.68. The van der Waals surface area contributed by atoms with Gasteiger partial charge in [0.15, 0.2) is 0 Å². The van der Waals surface area contributed by atoms with Crippen LogP contribution < -0.4 is 10.6 Å². The number of aliphatic hydroxyl groups excluding tert-OH is 1. The molecule has 0 radical (unpaired) electrons. The van der Waals surface area contributed by atoms with E-state index in [0.29, 0.717) is 0 Å². The predicted octanol–water partition coefficient (Wildman–Crippen LogP) is 1.49. The van der Waals surface area contributed by atoms with Gasteiger partial charge < -0.3 is 15.7 Å². The summed E-state index contributed by atoms with van der Waals surface area (Å²) in [5.74, 6) is 0. The Morgan fingerprint density at radius 3 is 2.58 bits per heavy atom. The highest BCUT2D eigenvalue weighted by atomic mass is 16.3. The lowest BCUT2D eigenvalue weighted by Crippen LogP contribution is -2.46. The number of rotatable bonds is 2. The van der Waals surface area contributed by atoms with Gasteiger partial charge in [-0.2, -0.15) is 0 Å². The number of nitrogens with zero attached hydrogens (tertiary/aromatic N) is 2. The average molecular weight is 257 g/mol. The molecule has 0 unspecified atom stereocenters. The fraction of sp³-hybridized carbons (Fsp3) is 0.333. The largest absolute Gasteiger partial charge is 0.399 e. The van der Waals surface area contributed by atoms with Crippen molar-refractivity contribution in [3.05, 3.63) is 36.4 Å². The second kappa shape index (κ2) is 5.07. The van der Waals surface area contributed by atoms with E-state index in [0.717, 1.165) is 31.9 Å². The number of nitrogen functional groups attached to an aromatic ring is 1. The van der Waals surface area contributed by atoms with Crippen molar-refractivity contribution in [2.45, 2.75) is 0 Å². The molecular formula is C15H19N3O. The van der Waals surface area contributed by atoms with Crippen LogP contribution in [0.4, 0.5) is 11.4 Å². The van der Waals surface area contributed by atoms with Crippen molar-refractivity contribution in [3.63, 3.8) is 0 Å². The molecule has 0 saturated carbocycles. The molecule has 1 saturated heterocycles. The lowest BCUT2D eigenvalue weighted by atomic mass is 10.1. The van der Waals surface area contributed by atoms with Crippen molar-refractivity contribution in [2.75, 3.05) is 43.5 Å². The summed E-state index contributed by atoms with van der Waals surface area (Å²) < 4.78 is 0. The molecule has 0 amide bonds. The number of hydrogen-bond acceptors (Lipinski definition) is 4. The van der Waals surface area contributed by atoms with Gasteiger partial charge in [-0.25, -0.2) is 0 Å². The van der Waals surface area contributed by atoms with Gasteiger partial charge in [0.25, 0.3) is 0 Å². The van der Waals surface area contributed by atoms with Gasteiger partial charge in [-0.05, 0) is 23.6 Å². The van der Waals surface area contributed by atoms with Gasteiger partial charge in [-0.15, -0.1) is 0 Å². The van der Waals surface area contributed by atoms with Gasteiger partial charge >= 0.3 is 0 Å². The Kier molecular flexibility index (Phi) is 3.27. The Hall–Kier alpha value is -1.78. The Bertz CT molecular complexity index is 577. The third kappa shape index (κ3) is 2.37. The van der Waals surface area contributed by atoms with Crippen LogP contribution in [0.1, 0.15) is 0 Å². The van der Waals surface area contributed by atoms with Gasteiger partial charge in [0, 0.05) is 42.9 Å². The topological polar surface area (TPSA) is 52.7 Å². The first-order valence-corrected chi connectivity index (χ1v) is 6.64. The Morgan fingerprint density at radius 1 is 1.05 bits per heavy atom. The van der Waals surface area contributed by atoms with Gasteiger partial charge in [0.2, 0.25) is 0 Å². The van der Waals surface area contributed by atoms with Crippen molar-refractivity contribution < 1.29 is 5.11 Å². The third-order valence-electron chi connectivity index (χ3n) is 3.80. The van der Waals surface area contributed by atoms with E-state index in [9.17, 15) is 0 Å². The molecule has 1 aliphatic heterocycles. The minimum atomic E-state index is 0.149. The van der Waals surface area contributed by atoms with Crippen LogP contribution in [0.2, 0.25) is 0 Å². The molecule has 0 aromatic heterocycles. The smallest absolute Gasteiger partial charge is 0.0957 e. The Morgan fingerprint density at radius 2 is 1.84 bits per heavy atom. The van der Waals surface area contributed by atoms with E-state index >= 15 is 0 Å². The first-order chi connectivity index (χ1) is 9.28. The van der Waals surface area contributed by atoms with Crippen molar-refractivity contribution in [1.82, 2.24) is 4.90 Å². The monoisotopic (exact) mass is 257 g/mol. The van der Waals surface area contributed by atoms with E-state index in [1.54, 1.807) is 0 Å². The zero-order chi connectivity index (χ0) is 13.2. The molecule has 1 aliphatic rings. The van der Waals surface area contributed by atoms with Gasteiger partial charge in [0.1, 0.15) is 0 Å². The molecule has 3 rings (SSSR count). The van der Waals surface area contributed by atoms with E-state index in [4.69, 9.17) is 10.8 Å². The van der Waals surface area contributed by atoms with Crippen LogP contribution in [0.5, 0.6) is 0 Å². The number of fused-ring (bicyclic) bond motifs is 1. The first-order valence-electron chi connectivity index (χ1n) is 6.64. The van der Waals surface area contributed by atoms with Crippen LogP contribution in [0.25, 0.3) is 10.8 Å². The second-order valence-corrected chi connectivity index (χ2v) is 5.00. The number of anilines is 2. The zero-order valence-corrected chi connectivity index (χ0v) is 10.9. The first kappa shape index (κ1) is 12.3. The molecule has 1 fully saturated rings. The summed E-state index contributed by atoms with van der Waals surface area (Å²) in [5.41, 5.74) is 7.94. The zero-order valence-electron chi connectivity index (χ0n) is 10.9. The number of benzene rings is 2. The molecule has 0 atom stereocenters. The molecule has 19 heavy (non-hydrogen) atoms. The molecule has 0 bridgehead atoms. The quantitative estimate of drug-likeness (QED) is 0.800. The maximum atomic E-state index is 9.15. The molecule has 2 aromatic carbocycles. The number of piperazine rings is 1. The maximum Gasteiger partial charge on any atom is 0.0957 e. The fourth-order valence-corrected chi connectivity index (χ4v) is 2.68. The lowest BCUT2D eigenvalue weighted by Gasteiger charge is -2.35. The molecule has 1 heterocycles. The summed E-state index contributed by atoms with van der Waals surface area (Å²) in [7, 11) is 0. The summed E-state index contributed by atoms with van der Waals surface area (Å²) in [5, 5.41) is 11.6. The highest BCUT2D eigenvalue weighted by Crippen LogP contribution is 2.29. The van der Waals surface area contributed by atoms with Crippen LogP contribution in [-0.4, -0.2) is 42.9 Å². The highest BCUT2D eigenvalue weighted by molar-refractivity contribution is 5.96. The van der Waals surface area contributed by atoms with E-state index in [-0.39, 0.29) is 6.73 Å². The minimum absolute atomic E-state index is 0.149. The molecule has 0 spiro atoms. The summed E-state index contributed by atoms with van der Waals surface area (Å²) in [6, 6.07) is 12.4. The third-order valence-corrected chi connectivity index (χ3v) is 3.80. The summed E-state index contributed by atoms with van der Waals surface area (Å²) >= 11 is 0. The molecule has 100 valence electrons. The lowest BCUT2D eigenvalue weighted by molar-refractivity contribution is 0.102. The summed E-state index contributed by atoms with van der Waals surface area (Å²) in [6.07, 6.45) is 0. The number of hydrogen-bond donors (Lipinski definition) is 2. The van der Waals surface area contributed by atoms with Crippen LogP contribution in [0, 0.1) is 0 Å². The highest BCUT2D eigenvalue weighted by Gasteiger charge is 2.17. The number of aliphatic hydroxyl groups is 1. The molecule has 3 N–H and O–H groups in total. The van der Waals surface area contributed by atoms with E-state index in [1.807, 2.05) is 12.1 Å². The van der Waals surface area contributed by atoms with Crippen LogP contribution >= 0.6 is 0 Å². The van der Waals surface area contributed by atoms with Crippen molar-refractivity contribution in [1.29, 1.82) is 0 Å². The summed E-state index contributed by atoms with van der Waals surface area (Å²) in [6.45, 7) is 3.82. The van der Waals surface area contributed by atoms with Crippen LogP contribution in [0.3, 0.4) is 0 Å². The van der Waals surface area contributed by atoms with Gasteiger partial charge in [-0.1, -0.05) is 18.2 Å². The number of nitrogens with two attached hydrogens (primary N) is 1. The normalized spacial score (nSPS) is 17.0. The van der Waals surface area contributed by atoms with Gasteiger partial charge in [-0.3, -0.25) is 4.90 Å². The molecular weight excluding hydrogens is 238 g/mol. The van der Waals surface area contributed by atoms with Crippen molar-refractivity contribution in [2.24, 2.45) is 0 Å². The molecule has 4 heteroatoms. The molecule has 2 aromatic rings. The minimum Gasteiger partial charge on any atom is -0.399 e. The Balaban J connectivity index is 1.94. The van der Waals surface area contributed by atoms with E-state index < -0.39 is 0 Å². The predicted molar refractivity (Wildman–Crippen MR) is 79.2 cm³/mol. The molecule has 0 aliphatic carbocycles. The average Bonchev–Trinajstić information content (AvgIpc) is 2.47. The molecule has 4 nitrogen and oxygen atoms in total.